The van der Waals surface area contributed by atoms with E-state index in [1.807, 2.05) is 36.4 Å². The van der Waals surface area contributed by atoms with Gasteiger partial charge in [-0.25, -0.2) is 4.98 Å². The third-order valence-corrected chi connectivity index (χ3v) is 4.75. The molecule has 7 nitrogen and oxygen atoms in total. The Balaban J connectivity index is 1.66. The molecule has 0 unspecified atom stereocenters. The van der Waals surface area contributed by atoms with Gasteiger partial charge in [0.25, 0.3) is 11.5 Å². The second-order valence-corrected chi connectivity index (χ2v) is 6.93. The Labute approximate surface area is 167 Å². The number of carbonyl (C=O) groups is 1. The van der Waals surface area contributed by atoms with E-state index in [9.17, 15) is 9.59 Å². The molecule has 146 valence electrons. The van der Waals surface area contributed by atoms with Crippen LogP contribution >= 0.6 is 0 Å². The molecule has 0 bridgehead atoms. The molecule has 0 saturated heterocycles. The molecule has 4 N–H and O–H groups in total. The van der Waals surface area contributed by atoms with Gasteiger partial charge in [-0.15, -0.1) is 0 Å². The normalized spacial score (nSPS) is 11.2. The molecule has 29 heavy (non-hydrogen) atoms. The van der Waals surface area contributed by atoms with E-state index >= 15 is 0 Å². The van der Waals surface area contributed by atoms with Crippen LogP contribution in [0.15, 0.2) is 71.7 Å². The molecule has 0 atom stereocenters. The standard InChI is InChI=1S/C22H21N5O2/c23-19(28)21-25-20-18(22(29)26-21)17(11-24-20)14-27(12-15-7-3-1-4-8-15)13-16-9-5-2-6-10-16/h1-11H,12-14H2,(H2,23,28)(H2,24,25,26,29). The molecule has 4 rings (SSSR count). The minimum Gasteiger partial charge on any atom is -0.363 e. The van der Waals surface area contributed by atoms with Crippen LogP contribution in [0, 0.1) is 0 Å². The minimum absolute atomic E-state index is 0.152. The molecule has 7 heteroatoms. The van der Waals surface area contributed by atoms with E-state index in [4.69, 9.17) is 5.73 Å². The van der Waals surface area contributed by atoms with Crippen molar-refractivity contribution in [2.24, 2.45) is 5.73 Å². The average molecular weight is 387 g/mol. The Morgan fingerprint density at radius 1 is 0.931 bits per heavy atom. The molecular formula is C22H21N5O2. The number of benzene rings is 2. The highest BCUT2D eigenvalue weighted by molar-refractivity contribution is 5.91. The topological polar surface area (TPSA) is 108 Å². The molecule has 2 aromatic carbocycles. The number of aromatic nitrogens is 3. The molecule has 0 fully saturated rings. The highest BCUT2D eigenvalue weighted by Gasteiger charge is 2.16. The molecule has 2 heterocycles. The lowest BCUT2D eigenvalue weighted by Gasteiger charge is -2.22. The van der Waals surface area contributed by atoms with Gasteiger partial charge >= 0.3 is 0 Å². The maximum atomic E-state index is 12.5. The summed E-state index contributed by atoms with van der Waals surface area (Å²) in [7, 11) is 0. The number of aromatic amines is 2. The van der Waals surface area contributed by atoms with Crippen molar-refractivity contribution in [3.8, 4) is 0 Å². The van der Waals surface area contributed by atoms with Crippen LogP contribution in [0.3, 0.4) is 0 Å². The van der Waals surface area contributed by atoms with E-state index in [-0.39, 0.29) is 11.4 Å². The second kappa shape index (κ2) is 8.12. The summed E-state index contributed by atoms with van der Waals surface area (Å²) < 4.78 is 0. The van der Waals surface area contributed by atoms with Crippen LogP contribution < -0.4 is 11.3 Å². The van der Waals surface area contributed by atoms with Gasteiger partial charge < -0.3 is 15.7 Å². The van der Waals surface area contributed by atoms with Gasteiger partial charge in [-0.2, -0.15) is 0 Å². The Morgan fingerprint density at radius 2 is 1.52 bits per heavy atom. The van der Waals surface area contributed by atoms with Crippen molar-refractivity contribution in [3.63, 3.8) is 0 Å². The van der Waals surface area contributed by atoms with Crippen molar-refractivity contribution >= 4 is 16.9 Å². The maximum Gasteiger partial charge on any atom is 0.284 e. The number of H-pyrrole nitrogens is 2. The SMILES string of the molecule is NC(=O)c1nc2[nH]cc(CN(Cc3ccccc3)Cc3ccccc3)c2c(=O)[nH]1. The molecule has 0 aliphatic heterocycles. The summed E-state index contributed by atoms with van der Waals surface area (Å²) in [6.07, 6.45) is 1.76. The van der Waals surface area contributed by atoms with Gasteiger partial charge in [-0.3, -0.25) is 14.5 Å². The van der Waals surface area contributed by atoms with Crippen molar-refractivity contribution in [1.29, 1.82) is 0 Å². The number of rotatable bonds is 7. The Hall–Kier alpha value is -3.71. The number of nitrogens with two attached hydrogens (primary N) is 1. The summed E-state index contributed by atoms with van der Waals surface area (Å²) in [6.45, 7) is 2.00. The summed E-state index contributed by atoms with van der Waals surface area (Å²) in [5.41, 5.74) is 8.41. The van der Waals surface area contributed by atoms with Gasteiger partial charge in [0.2, 0.25) is 5.82 Å². The fraction of sp³-hybridized carbons (Fsp3) is 0.136. The van der Waals surface area contributed by atoms with Crippen LogP contribution in [0.2, 0.25) is 0 Å². The number of fused-ring (bicyclic) bond motifs is 1. The molecule has 0 radical (unpaired) electrons. The van der Waals surface area contributed by atoms with Crippen LogP contribution in [0.25, 0.3) is 11.0 Å². The summed E-state index contributed by atoms with van der Waals surface area (Å²) in [4.78, 5) is 35.7. The van der Waals surface area contributed by atoms with Gasteiger partial charge in [0.15, 0.2) is 0 Å². The van der Waals surface area contributed by atoms with Crippen LogP contribution in [0.5, 0.6) is 0 Å². The van der Waals surface area contributed by atoms with Crippen molar-refractivity contribution < 1.29 is 4.79 Å². The number of primary amides is 1. The van der Waals surface area contributed by atoms with E-state index in [1.165, 1.54) is 11.1 Å². The molecule has 0 saturated carbocycles. The molecule has 2 aromatic heterocycles. The van der Waals surface area contributed by atoms with Gasteiger partial charge in [0, 0.05) is 25.8 Å². The van der Waals surface area contributed by atoms with E-state index in [0.29, 0.717) is 17.6 Å². The number of amides is 1. The fourth-order valence-corrected chi connectivity index (χ4v) is 3.44. The molecular weight excluding hydrogens is 366 g/mol. The lowest BCUT2D eigenvalue weighted by molar-refractivity contribution is 0.0990. The zero-order valence-electron chi connectivity index (χ0n) is 15.8. The Kier molecular flexibility index (Phi) is 5.22. The third-order valence-electron chi connectivity index (χ3n) is 4.75. The predicted molar refractivity (Wildman–Crippen MR) is 111 cm³/mol. The predicted octanol–water partition coefficient (Wildman–Crippen LogP) is 2.55. The molecule has 0 spiro atoms. The summed E-state index contributed by atoms with van der Waals surface area (Å²) in [6, 6.07) is 20.4. The zero-order valence-corrected chi connectivity index (χ0v) is 15.8. The molecule has 4 aromatic rings. The van der Waals surface area contributed by atoms with E-state index in [2.05, 4.69) is 44.1 Å². The maximum absolute atomic E-state index is 12.5. The lowest BCUT2D eigenvalue weighted by Crippen LogP contribution is -2.24. The van der Waals surface area contributed by atoms with E-state index < -0.39 is 5.91 Å². The molecule has 0 aliphatic rings. The van der Waals surface area contributed by atoms with Crippen molar-refractivity contribution in [2.75, 3.05) is 0 Å². The molecule has 0 aliphatic carbocycles. The number of nitrogens with zero attached hydrogens (tertiary/aromatic N) is 2. The highest BCUT2D eigenvalue weighted by Crippen LogP contribution is 2.18. The van der Waals surface area contributed by atoms with Crippen molar-refractivity contribution in [2.45, 2.75) is 19.6 Å². The third kappa shape index (κ3) is 4.25. The Morgan fingerprint density at radius 3 is 2.07 bits per heavy atom. The van der Waals surface area contributed by atoms with Crippen molar-refractivity contribution in [3.05, 3.63) is 99.7 Å². The summed E-state index contributed by atoms with van der Waals surface area (Å²) in [5, 5.41) is 0.445. The smallest absolute Gasteiger partial charge is 0.284 e. The first-order valence-electron chi connectivity index (χ1n) is 9.30. The summed E-state index contributed by atoms with van der Waals surface area (Å²) >= 11 is 0. The van der Waals surface area contributed by atoms with Crippen LogP contribution in [-0.4, -0.2) is 25.8 Å². The quantitative estimate of drug-likeness (QED) is 0.453. The zero-order chi connectivity index (χ0) is 20.2. The first kappa shape index (κ1) is 18.6. The monoisotopic (exact) mass is 387 g/mol. The average Bonchev–Trinajstić information content (AvgIpc) is 3.12. The lowest BCUT2D eigenvalue weighted by atomic mass is 10.1. The first-order valence-corrected chi connectivity index (χ1v) is 9.30. The van der Waals surface area contributed by atoms with Crippen molar-refractivity contribution in [1.82, 2.24) is 19.9 Å². The van der Waals surface area contributed by atoms with Gasteiger partial charge in [0.1, 0.15) is 5.65 Å². The highest BCUT2D eigenvalue weighted by atomic mass is 16.2. The fourth-order valence-electron chi connectivity index (χ4n) is 3.44. The Bertz CT molecular complexity index is 1140. The van der Waals surface area contributed by atoms with E-state index in [0.717, 1.165) is 18.7 Å². The minimum atomic E-state index is -0.769. The number of hydrogen-bond acceptors (Lipinski definition) is 4. The van der Waals surface area contributed by atoms with Crippen LogP contribution in [0.1, 0.15) is 27.3 Å². The molecule has 1 amide bonds. The van der Waals surface area contributed by atoms with E-state index in [1.54, 1.807) is 6.20 Å². The van der Waals surface area contributed by atoms with Crippen LogP contribution in [0.4, 0.5) is 0 Å². The van der Waals surface area contributed by atoms with Gasteiger partial charge in [-0.1, -0.05) is 60.7 Å². The van der Waals surface area contributed by atoms with Crippen LogP contribution in [-0.2, 0) is 19.6 Å². The first-order chi connectivity index (χ1) is 14.1. The second-order valence-electron chi connectivity index (χ2n) is 6.93. The summed E-state index contributed by atoms with van der Waals surface area (Å²) in [5.74, 6) is -0.920. The van der Waals surface area contributed by atoms with Gasteiger partial charge in [0.05, 0.1) is 5.39 Å². The number of nitrogens with one attached hydrogen (secondary N) is 2. The van der Waals surface area contributed by atoms with Gasteiger partial charge in [-0.05, 0) is 16.7 Å². The number of carbonyl (C=O) groups excluding carboxylic acids is 1. The largest absolute Gasteiger partial charge is 0.363 e. The number of hydrogen-bond donors (Lipinski definition) is 3.